The van der Waals surface area contributed by atoms with Crippen LogP contribution >= 0.6 is 0 Å². The third-order valence-electron chi connectivity index (χ3n) is 5.79. The van der Waals surface area contributed by atoms with E-state index in [4.69, 9.17) is 10.5 Å². The first kappa shape index (κ1) is 21.6. The minimum Gasteiger partial charge on any atom is -0.457 e. The minimum absolute atomic E-state index is 0.0438. The summed E-state index contributed by atoms with van der Waals surface area (Å²) in [6, 6.07) is 18.9. The van der Waals surface area contributed by atoms with Crippen LogP contribution in [0.4, 0.5) is 0 Å². The molecule has 2 N–H and O–H groups in total. The van der Waals surface area contributed by atoms with Crippen molar-refractivity contribution in [1.82, 2.24) is 9.88 Å². The average Bonchev–Trinajstić information content (AvgIpc) is 3.14. The molecule has 2 amide bonds. The zero-order valence-electron chi connectivity index (χ0n) is 18.3. The maximum atomic E-state index is 12.6. The summed E-state index contributed by atoms with van der Waals surface area (Å²) in [5, 5.41) is 0. The van der Waals surface area contributed by atoms with Gasteiger partial charge >= 0.3 is 0 Å². The number of para-hydroxylation sites is 1. The number of carbonyl (C=O) groups excluding carboxylic acids is 2. The molecule has 1 unspecified atom stereocenters. The van der Waals surface area contributed by atoms with Gasteiger partial charge in [-0.25, -0.2) is 0 Å². The highest BCUT2D eigenvalue weighted by atomic mass is 16.5. The van der Waals surface area contributed by atoms with Gasteiger partial charge in [0.2, 0.25) is 11.8 Å². The van der Waals surface area contributed by atoms with Crippen LogP contribution in [0.5, 0.6) is 11.5 Å². The van der Waals surface area contributed by atoms with Crippen molar-refractivity contribution in [3.63, 3.8) is 0 Å². The summed E-state index contributed by atoms with van der Waals surface area (Å²) in [5.74, 6) is 1.01. The van der Waals surface area contributed by atoms with E-state index in [1.807, 2.05) is 54.6 Å². The monoisotopic (exact) mass is 429 g/mol. The van der Waals surface area contributed by atoms with Crippen molar-refractivity contribution in [2.24, 2.45) is 5.73 Å². The predicted molar refractivity (Wildman–Crippen MR) is 123 cm³/mol. The Bertz CT molecular complexity index is 1130. The van der Waals surface area contributed by atoms with Crippen LogP contribution in [0.1, 0.15) is 59.3 Å². The molecule has 3 aromatic rings. The number of rotatable bonds is 7. The summed E-state index contributed by atoms with van der Waals surface area (Å²) < 4.78 is 6.11. The molecule has 1 aliphatic rings. The van der Waals surface area contributed by atoms with Gasteiger partial charge in [-0.1, -0.05) is 44.2 Å². The van der Waals surface area contributed by atoms with E-state index in [2.05, 4.69) is 18.8 Å². The predicted octanol–water partition coefficient (Wildman–Crippen LogP) is 4.61. The summed E-state index contributed by atoms with van der Waals surface area (Å²) in [6.07, 6.45) is 2.05. The molecule has 2 heterocycles. The molecule has 1 aliphatic heterocycles. The van der Waals surface area contributed by atoms with Crippen LogP contribution in [0.3, 0.4) is 0 Å². The molecule has 1 fully saturated rings. The number of ether oxygens (including phenoxy) is 1. The van der Waals surface area contributed by atoms with Crippen LogP contribution < -0.4 is 10.5 Å². The maximum absolute atomic E-state index is 12.6. The standard InChI is InChI=1S/C26H27N3O3/c1-17(2)21-8-3-4-9-24(21)32-20-10-11-22(23(14-20)26(27)31)18-13-25(30)29(15-18)16-19-7-5-6-12-28-19/h3-12,14,17-18H,13,15-16H2,1-2H3,(H2,27,31). The van der Waals surface area contributed by atoms with Crippen molar-refractivity contribution in [2.45, 2.75) is 38.6 Å². The molecule has 1 saturated heterocycles. The number of benzene rings is 2. The minimum atomic E-state index is -0.529. The molecule has 0 bridgehead atoms. The lowest BCUT2D eigenvalue weighted by molar-refractivity contribution is -0.128. The number of pyridine rings is 1. The molecule has 1 aromatic heterocycles. The fraction of sp³-hybridized carbons (Fsp3) is 0.269. The number of likely N-dealkylation sites (tertiary alicyclic amines) is 1. The van der Waals surface area contributed by atoms with Gasteiger partial charge in [0.1, 0.15) is 11.5 Å². The first-order valence-corrected chi connectivity index (χ1v) is 10.8. The van der Waals surface area contributed by atoms with E-state index < -0.39 is 5.91 Å². The van der Waals surface area contributed by atoms with Gasteiger partial charge in [-0.3, -0.25) is 14.6 Å². The summed E-state index contributed by atoms with van der Waals surface area (Å²) >= 11 is 0. The Hall–Kier alpha value is -3.67. The zero-order chi connectivity index (χ0) is 22.7. The van der Waals surface area contributed by atoms with Crippen molar-refractivity contribution in [2.75, 3.05) is 6.54 Å². The quantitative estimate of drug-likeness (QED) is 0.594. The number of hydrogen-bond acceptors (Lipinski definition) is 4. The first-order chi connectivity index (χ1) is 15.4. The SMILES string of the molecule is CC(C)c1ccccc1Oc1ccc(C2CC(=O)N(Cc3ccccn3)C2)c(C(N)=O)c1. The van der Waals surface area contributed by atoms with Crippen LogP contribution in [0.15, 0.2) is 66.9 Å². The normalized spacial score (nSPS) is 15.9. The number of amides is 2. The molecule has 32 heavy (non-hydrogen) atoms. The number of nitrogens with two attached hydrogens (primary N) is 1. The number of hydrogen-bond donors (Lipinski definition) is 1. The van der Waals surface area contributed by atoms with Crippen molar-refractivity contribution in [1.29, 1.82) is 0 Å². The lowest BCUT2D eigenvalue weighted by Gasteiger charge is -2.18. The Morgan fingerprint density at radius 3 is 2.66 bits per heavy atom. The van der Waals surface area contributed by atoms with E-state index in [-0.39, 0.29) is 11.8 Å². The molecule has 0 aliphatic carbocycles. The first-order valence-electron chi connectivity index (χ1n) is 10.8. The Labute approximate surface area is 188 Å². The van der Waals surface area contributed by atoms with E-state index in [1.165, 1.54) is 0 Å². The Kier molecular flexibility index (Phi) is 6.21. The molecule has 0 spiro atoms. The molecule has 4 rings (SSSR count). The number of carbonyl (C=O) groups is 2. The van der Waals surface area contributed by atoms with Gasteiger partial charge in [-0.05, 0) is 47.4 Å². The van der Waals surface area contributed by atoms with Crippen LogP contribution in [0.25, 0.3) is 0 Å². The Balaban J connectivity index is 1.56. The second-order valence-electron chi connectivity index (χ2n) is 8.40. The van der Waals surface area contributed by atoms with Gasteiger partial charge < -0.3 is 15.4 Å². The van der Waals surface area contributed by atoms with Crippen molar-refractivity contribution in [3.05, 3.63) is 89.2 Å². The summed E-state index contributed by atoms with van der Waals surface area (Å²) in [7, 11) is 0. The molecular weight excluding hydrogens is 402 g/mol. The summed E-state index contributed by atoms with van der Waals surface area (Å²) in [5.41, 5.74) is 8.80. The molecule has 2 aromatic carbocycles. The molecular formula is C26H27N3O3. The summed E-state index contributed by atoms with van der Waals surface area (Å²) in [4.78, 5) is 31.0. The van der Waals surface area contributed by atoms with E-state index in [0.29, 0.717) is 36.7 Å². The van der Waals surface area contributed by atoms with Crippen LogP contribution in [0, 0.1) is 0 Å². The largest absolute Gasteiger partial charge is 0.457 e. The molecule has 164 valence electrons. The van der Waals surface area contributed by atoms with Gasteiger partial charge in [0.05, 0.1) is 12.2 Å². The van der Waals surface area contributed by atoms with Crippen LogP contribution in [0.2, 0.25) is 0 Å². The number of nitrogens with zero attached hydrogens (tertiary/aromatic N) is 2. The molecule has 6 nitrogen and oxygen atoms in total. The lowest BCUT2D eigenvalue weighted by Crippen LogP contribution is -2.25. The third-order valence-corrected chi connectivity index (χ3v) is 5.79. The summed E-state index contributed by atoms with van der Waals surface area (Å²) in [6.45, 7) is 5.18. The second kappa shape index (κ2) is 9.22. The fourth-order valence-corrected chi connectivity index (χ4v) is 4.17. The van der Waals surface area contributed by atoms with Crippen molar-refractivity contribution < 1.29 is 14.3 Å². The molecule has 6 heteroatoms. The van der Waals surface area contributed by atoms with Gasteiger partial charge in [-0.2, -0.15) is 0 Å². The lowest BCUT2D eigenvalue weighted by atomic mass is 9.92. The Morgan fingerprint density at radius 1 is 1.16 bits per heavy atom. The van der Waals surface area contributed by atoms with E-state index in [9.17, 15) is 9.59 Å². The molecule has 1 atom stereocenters. The van der Waals surface area contributed by atoms with Gasteiger partial charge in [-0.15, -0.1) is 0 Å². The van der Waals surface area contributed by atoms with Gasteiger partial charge in [0.15, 0.2) is 0 Å². The van der Waals surface area contributed by atoms with Gasteiger partial charge in [0, 0.05) is 30.6 Å². The topological polar surface area (TPSA) is 85.5 Å². The average molecular weight is 430 g/mol. The van der Waals surface area contributed by atoms with E-state index in [1.54, 1.807) is 17.2 Å². The third kappa shape index (κ3) is 4.64. The van der Waals surface area contributed by atoms with Crippen molar-refractivity contribution >= 4 is 11.8 Å². The second-order valence-corrected chi connectivity index (χ2v) is 8.40. The fourth-order valence-electron chi connectivity index (χ4n) is 4.17. The smallest absolute Gasteiger partial charge is 0.249 e. The highest BCUT2D eigenvalue weighted by molar-refractivity contribution is 5.95. The molecule has 0 radical (unpaired) electrons. The van der Waals surface area contributed by atoms with Crippen LogP contribution in [-0.4, -0.2) is 28.2 Å². The Morgan fingerprint density at radius 2 is 1.94 bits per heavy atom. The number of primary amides is 1. The van der Waals surface area contributed by atoms with Crippen LogP contribution in [-0.2, 0) is 11.3 Å². The highest BCUT2D eigenvalue weighted by Crippen LogP contribution is 2.35. The van der Waals surface area contributed by atoms with E-state index in [0.717, 1.165) is 22.6 Å². The maximum Gasteiger partial charge on any atom is 0.249 e. The van der Waals surface area contributed by atoms with Crippen molar-refractivity contribution in [3.8, 4) is 11.5 Å². The molecule has 0 saturated carbocycles. The van der Waals surface area contributed by atoms with E-state index >= 15 is 0 Å². The van der Waals surface area contributed by atoms with Gasteiger partial charge in [0.25, 0.3) is 0 Å². The zero-order valence-corrected chi connectivity index (χ0v) is 18.3. The number of aromatic nitrogens is 1. The highest BCUT2D eigenvalue weighted by Gasteiger charge is 2.33.